The molecule has 0 aliphatic carbocycles. The van der Waals surface area contributed by atoms with Crippen molar-refractivity contribution in [2.45, 2.75) is 13.1 Å². The summed E-state index contributed by atoms with van der Waals surface area (Å²) in [5.41, 5.74) is -2.09. The van der Waals surface area contributed by atoms with Crippen molar-refractivity contribution in [1.29, 1.82) is 0 Å². The summed E-state index contributed by atoms with van der Waals surface area (Å²) in [5, 5.41) is 14.9. The normalized spacial score (nSPS) is 11.6. The van der Waals surface area contributed by atoms with E-state index in [0.717, 1.165) is 21.5 Å². The van der Waals surface area contributed by atoms with Crippen LogP contribution in [-0.4, -0.2) is 19.4 Å². The molecular weight excluding hydrogens is 311 g/mol. The van der Waals surface area contributed by atoms with E-state index < -0.39 is 22.4 Å². The highest BCUT2D eigenvalue weighted by Crippen LogP contribution is 2.34. The highest BCUT2D eigenvalue weighted by molar-refractivity contribution is 7.71. The monoisotopic (exact) mass is 319 g/mol. The van der Waals surface area contributed by atoms with Crippen molar-refractivity contribution < 1.29 is 18.1 Å². The summed E-state index contributed by atoms with van der Waals surface area (Å²) in [5.74, 6) is 5.80. The lowest BCUT2D eigenvalue weighted by molar-refractivity contribution is -0.384. The van der Waals surface area contributed by atoms with E-state index >= 15 is 0 Å². The van der Waals surface area contributed by atoms with Gasteiger partial charge in [-0.25, -0.2) is 4.68 Å². The number of nitrogen functional groups attached to an aromatic ring is 1. The van der Waals surface area contributed by atoms with Crippen LogP contribution in [0.1, 0.15) is 11.4 Å². The highest BCUT2D eigenvalue weighted by Gasteiger charge is 2.33. The molecule has 0 amide bonds. The van der Waals surface area contributed by atoms with Gasteiger partial charge in [0.2, 0.25) is 4.77 Å². The van der Waals surface area contributed by atoms with E-state index in [4.69, 9.17) is 18.1 Å². The summed E-state index contributed by atoms with van der Waals surface area (Å²) in [6.07, 6.45) is -4.69. The molecule has 1 heterocycles. The molecule has 1 aromatic heterocycles. The van der Waals surface area contributed by atoms with Gasteiger partial charge in [0.05, 0.1) is 10.5 Å². The molecule has 11 heteroatoms. The Kier molecular flexibility index (Phi) is 3.45. The second-order valence-corrected chi connectivity index (χ2v) is 4.44. The molecule has 0 unspecified atom stereocenters. The van der Waals surface area contributed by atoms with Gasteiger partial charge in [0.15, 0.2) is 0 Å². The summed E-state index contributed by atoms with van der Waals surface area (Å²) in [4.78, 5) is 10.1. The molecule has 0 atom stereocenters. The van der Waals surface area contributed by atoms with Gasteiger partial charge < -0.3 is 5.84 Å². The van der Waals surface area contributed by atoms with Crippen LogP contribution >= 0.6 is 12.2 Å². The molecule has 0 aliphatic rings. The molecule has 7 nitrogen and oxygen atoms in total. The molecule has 0 aliphatic heterocycles. The third kappa shape index (κ3) is 2.59. The molecule has 0 radical (unpaired) electrons. The van der Waals surface area contributed by atoms with Gasteiger partial charge in [0.1, 0.15) is 11.5 Å². The number of benzene rings is 1. The van der Waals surface area contributed by atoms with E-state index in [2.05, 4.69) is 5.10 Å². The van der Waals surface area contributed by atoms with Crippen LogP contribution in [0.3, 0.4) is 0 Å². The molecule has 1 aromatic carbocycles. The maximum absolute atomic E-state index is 12.6. The Morgan fingerprint density at radius 3 is 2.48 bits per heavy atom. The molecule has 21 heavy (non-hydrogen) atoms. The van der Waals surface area contributed by atoms with Crippen molar-refractivity contribution >= 4 is 17.9 Å². The fourth-order valence-electron chi connectivity index (χ4n) is 1.66. The minimum atomic E-state index is -4.69. The molecule has 2 N–H and O–H groups in total. The molecule has 112 valence electrons. The molecule has 0 fully saturated rings. The van der Waals surface area contributed by atoms with E-state index in [1.54, 1.807) is 0 Å². The van der Waals surface area contributed by atoms with E-state index in [-0.39, 0.29) is 16.3 Å². The Morgan fingerprint density at radius 1 is 1.43 bits per heavy atom. The Bertz CT molecular complexity index is 780. The fourth-order valence-corrected chi connectivity index (χ4v) is 1.93. The summed E-state index contributed by atoms with van der Waals surface area (Å²) in [6, 6.07) is 2.08. The smallest absolute Gasteiger partial charge is 0.335 e. The average Bonchev–Trinajstić information content (AvgIpc) is 2.64. The van der Waals surface area contributed by atoms with Crippen LogP contribution in [0.5, 0.6) is 0 Å². The van der Waals surface area contributed by atoms with Gasteiger partial charge in [-0.3, -0.25) is 10.1 Å². The molecule has 2 rings (SSSR count). The number of alkyl halides is 3. The van der Waals surface area contributed by atoms with Crippen LogP contribution in [-0.2, 0) is 6.18 Å². The zero-order valence-electron chi connectivity index (χ0n) is 10.5. The summed E-state index contributed by atoms with van der Waals surface area (Å²) < 4.78 is 39.7. The van der Waals surface area contributed by atoms with Crippen LogP contribution < -0.4 is 5.84 Å². The fraction of sp³-hybridized carbons (Fsp3) is 0.200. The SMILES string of the molecule is Cc1nn(-c2ccc(C(F)(F)F)cc2[N+](=O)[O-])c(=S)n1N. The number of nitro benzene ring substituents is 1. The first kappa shape index (κ1) is 15.0. The van der Waals surface area contributed by atoms with Crippen molar-refractivity contribution in [2.24, 2.45) is 0 Å². The lowest BCUT2D eigenvalue weighted by Crippen LogP contribution is -2.11. The Hall–Kier alpha value is -2.43. The van der Waals surface area contributed by atoms with Gasteiger partial charge in [-0.2, -0.15) is 23.0 Å². The summed E-state index contributed by atoms with van der Waals surface area (Å²) in [7, 11) is 0. The first-order chi connectivity index (χ1) is 9.62. The van der Waals surface area contributed by atoms with Gasteiger partial charge in [-0.1, -0.05) is 0 Å². The number of nitrogens with zero attached hydrogens (tertiary/aromatic N) is 4. The molecule has 0 saturated carbocycles. The second-order valence-electron chi connectivity index (χ2n) is 4.07. The zero-order chi connectivity index (χ0) is 15.9. The number of aromatic nitrogens is 3. The van der Waals surface area contributed by atoms with E-state index in [1.165, 1.54) is 6.92 Å². The number of nitrogens with two attached hydrogens (primary N) is 1. The second kappa shape index (κ2) is 4.84. The predicted molar refractivity (Wildman–Crippen MR) is 68.9 cm³/mol. The summed E-state index contributed by atoms with van der Waals surface area (Å²) >= 11 is 4.94. The van der Waals surface area contributed by atoms with Crippen molar-refractivity contribution in [2.75, 3.05) is 5.84 Å². The third-order valence-electron chi connectivity index (χ3n) is 2.71. The number of hydrogen-bond acceptors (Lipinski definition) is 5. The maximum atomic E-state index is 12.6. The minimum Gasteiger partial charge on any atom is -0.335 e. The summed E-state index contributed by atoms with van der Waals surface area (Å²) in [6.45, 7) is 1.50. The molecule has 0 spiro atoms. The highest BCUT2D eigenvalue weighted by atomic mass is 32.1. The van der Waals surface area contributed by atoms with Gasteiger partial charge in [0, 0.05) is 6.07 Å². The number of halogens is 3. The molecular formula is C10H8F3N5O2S. The van der Waals surface area contributed by atoms with Gasteiger partial charge >= 0.3 is 6.18 Å². The van der Waals surface area contributed by atoms with Crippen molar-refractivity contribution in [3.63, 3.8) is 0 Å². The standard InChI is InChI=1S/C10H8F3N5O2S/c1-5-15-17(9(21)16(5)14)7-3-2-6(10(11,12)13)4-8(7)18(19)20/h2-4H,14H2,1H3. The van der Waals surface area contributed by atoms with Crippen LogP contribution in [0, 0.1) is 21.8 Å². The van der Waals surface area contributed by atoms with Crippen LogP contribution in [0.25, 0.3) is 5.69 Å². The molecule has 2 aromatic rings. The topological polar surface area (TPSA) is 91.9 Å². The van der Waals surface area contributed by atoms with Crippen LogP contribution in [0.15, 0.2) is 18.2 Å². The lowest BCUT2D eigenvalue weighted by Gasteiger charge is -2.08. The Balaban J connectivity index is 2.72. The third-order valence-corrected chi connectivity index (χ3v) is 3.08. The molecule has 0 saturated heterocycles. The van der Waals surface area contributed by atoms with Crippen molar-refractivity contribution in [3.8, 4) is 5.69 Å². The van der Waals surface area contributed by atoms with Crippen molar-refractivity contribution in [1.82, 2.24) is 14.5 Å². The quantitative estimate of drug-likeness (QED) is 0.397. The van der Waals surface area contributed by atoms with E-state index in [1.807, 2.05) is 0 Å². The first-order valence-corrected chi connectivity index (χ1v) is 5.83. The Morgan fingerprint density at radius 2 is 2.05 bits per heavy atom. The number of nitro groups is 1. The molecule has 0 bridgehead atoms. The zero-order valence-corrected chi connectivity index (χ0v) is 11.3. The largest absolute Gasteiger partial charge is 0.416 e. The Labute approximate surface area is 120 Å². The number of rotatable bonds is 2. The average molecular weight is 319 g/mol. The number of hydrogen-bond donors (Lipinski definition) is 1. The van der Waals surface area contributed by atoms with Crippen LogP contribution in [0.2, 0.25) is 0 Å². The minimum absolute atomic E-state index is 0.0737. The van der Waals surface area contributed by atoms with Gasteiger partial charge in [0.25, 0.3) is 5.69 Å². The number of aryl methyl sites for hydroxylation is 1. The van der Waals surface area contributed by atoms with Crippen molar-refractivity contribution in [3.05, 3.63) is 44.5 Å². The van der Waals surface area contributed by atoms with Crippen LogP contribution in [0.4, 0.5) is 18.9 Å². The van der Waals surface area contributed by atoms with E-state index in [9.17, 15) is 23.3 Å². The van der Waals surface area contributed by atoms with Gasteiger partial charge in [-0.05, 0) is 31.3 Å². The van der Waals surface area contributed by atoms with E-state index in [0.29, 0.717) is 6.07 Å². The maximum Gasteiger partial charge on any atom is 0.416 e. The lowest BCUT2D eigenvalue weighted by atomic mass is 10.1. The predicted octanol–water partition coefficient (Wildman–Crippen LogP) is 2.35. The first-order valence-electron chi connectivity index (χ1n) is 5.42. The van der Waals surface area contributed by atoms with Gasteiger partial charge in [-0.15, -0.1) is 0 Å².